The van der Waals surface area contributed by atoms with Crippen molar-refractivity contribution < 1.29 is 14.0 Å². The third kappa shape index (κ3) is 4.71. The smallest absolute Gasteiger partial charge is 0.229 e. The molecule has 1 aromatic carbocycles. The number of nitrogens with one attached hydrogen (secondary N) is 1. The van der Waals surface area contributed by atoms with E-state index < -0.39 is 5.41 Å². The molecule has 0 bridgehead atoms. The molecular weight excluding hydrogens is 365 g/mol. The normalized spacial score (nSPS) is 15.6. The van der Waals surface area contributed by atoms with Gasteiger partial charge in [-0.1, -0.05) is 32.9 Å². The molecule has 2 amide bonds. The van der Waals surface area contributed by atoms with Crippen LogP contribution in [0.3, 0.4) is 0 Å². The van der Waals surface area contributed by atoms with Crippen molar-refractivity contribution in [3.8, 4) is 11.3 Å². The summed E-state index contributed by atoms with van der Waals surface area (Å²) >= 11 is 1.32. The van der Waals surface area contributed by atoms with Crippen molar-refractivity contribution in [1.29, 1.82) is 0 Å². The van der Waals surface area contributed by atoms with Crippen LogP contribution in [0.1, 0.15) is 33.6 Å². The number of piperidine rings is 1. The molecule has 1 aromatic heterocycles. The van der Waals surface area contributed by atoms with Gasteiger partial charge < -0.3 is 10.2 Å². The minimum Gasteiger partial charge on any atom is -0.342 e. The van der Waals surface area contributed by atoms with Gasteiger partial charge in [0.25, 0.3) is 0 Å². The molecule has 1 saturated heterocycles. The number of aromatic nitrogens is 1. The van der Waals surface area contributed by atoms with Crippen molar-refractivity contribution in [2.24, 2.45) is 11.3 Å². The van der Waals surface area contributed by atoms with Gasteiger partial charge in [-0.05, 0) is 25.0 Å². The molecule has 3 rings (SSSR count). The van der Waals surface area contributed by atoms with Gasteiger partial charge in [0.2, 0.25) is 11.8 Å². The van der Waals surface area contributed by atoms with E-state index in [1.165, 1.54) is 23.5 Å². The lowest BCUT2D eigenvalue weighted by atomic mass is 9.91. The molecule has 7 heteroatoms. The van der Waals surface area contributed by atoms with Crippen molar-refractivity contribution in [1.82, 2.24) is 9.88 Å². The van der Waals surface area contributed by atoms with Crippen LogP contribution < -0.4 is 5.32 Å². The van der Waals surface area contributed by atoms with Crippen molar-refractivity contribution in [2.45, 2.75) is 33.6 Å². The molecule has 0 radical (unpaired) electrons. The number of anilines is 1. The standard InChI is InChI=1S/C20H24FN3O2S/c1-20(2,3)18(26)24-9-7-13(8-10-24)17(25)23-19-22-16(12-27-19)14-5-4-6-15(21)11-14/h4-6,11-13H,7-10H2,1-3H3,(H,22,23,25). The zero-order valence-corrected chi connectivity index (χ0v) is 16.6. The number of hydrogen-bond donors (Lipinski definition) is 1. The van der Waals surface area contributed by atoms with E-state index in [4.69, 9.17) is 0 Å². The Labute approximate surface area is 162 Å². The Balaban J connectivity index is 1.57. The molecule has 0 spiro atoms. The highest BCUT2D eigenvalue weighted by atomic mass is 32.1. The van der Waals surface area contributed by atoms with Gasteiger partial charge in [0, 0.05) is 35.4 Å². The van der Waals surface area contributed by atoms with Crippen LogP contribution in [-0.4, -0.2) is 34.8 Å². The fourth-order valence-electron chi connectivity index (χ4n) is 3.14. The third-order valence-corrected chi connectivity index (χ3v) is 5.41. The van der Waals surface area contributed by atoms with Gasteiger partial charge in [-0.15, -0.1) is 11.3 Å². The molecule has 144 valence electrons. The van der Waals surface area contributed by atoms with E-state index in [1.807, 2.05) is 25.7 Å². The van der Waals surface area contributed by atoms with E-state index in [0.717, 1.165) is 0 Å². The summed E-state index contributed by atoms with van der Waals surface area (Å²) in [6, 6.07) is 6.22. The lowest BCUT2D eigenvalue weighted by molar-refractivity contribution is -0.142. The first-order chi connectivity index (χ1) is 12.7. The second-order valence-electron chi connectivity index (χ2n) is 7.85. The highest BCUT2D eigenvalue weighted by Crippen LogP contribution is 2.28. The first-order valence-electron chi connectivity index (χ1n) is 9.06. The van der Waals surface area contributed by atoms with Crippen LogP contribution in [0.4, 0.5) is 9.52 Å². The van der Waals surface area contributed by atoms with Crippen LogP contribution >= 0.6 is 11.3 Å². The molecule has 1 fully saturated rings. The van der Waals surface area contributed by atoms with Crippen LogP contribution in [-0.2, 0) is 9.59 Å². The number of halogens is 1. The van der Waals surface area contributed by atoms with E-state index in [-0.39, 0.29) is 23.5 Å². The summed E-state index contributed by atoms with van der Waals surface area (Å²) in [6.07, 6.45) is 1.30. The number of carbonyl (C=O) groups excluding carboxylic acids is 2. The topological polar surface area (TPSA) is 62.3 Å². The second kappa shape index (κ2) is 7.76. The highest BCUT2D eigenvalue weighted by molar-refractivity contribution is 7.14. The molecule has 5 nitrogen and oxygen atoms in total. The minimum absolute atomic E-state index is 0.0713. The Morgan fingerprint density at radius 1 is 1.26 bits per heavy atom. The maximum Gasteiger partial charge on any atom is 0.229 e. The summed E-state index contributed by atoms with van der Waals surface area (Å²) in [5.41, 5.74) is 0.921. The minimum atomic E-state index is -0.400. The summed E-state index contributed by atoms with van der Waals surface area (Å²) in [6.45, 7) is 6.92. The number of nitrogens with zero attached hydrogens (tertiary/aromatic N) is 2. The van der Waals surface area contributed by atoms with E-state index in [9.17, 15) is 14.0 Å². The lowest BCUT2D eigenvalue weighted by Gasteiger charge is -2.35. The second-order valence-corrected chi connectivity index (χ2v) is 8.71. The van der Waals surface area contributed by atoms with Gasteiger partial charge in [-0.3, -0.25) is 9.59 Å². The van der Waals surface area contributed by atoms with Crippen molar-refractivity contribution in [2.75, 3.05) is 18.4 Å². The zero-order chi connectivity index (χ0) is 19.6. The molecule has 0 aliphatic carbocycles. The van der Waals surface area contributed by atoms with Crippen molar-refractivity contribution in [3.05, 3.63) is 35.5 Å². The average Bonchev–Trinajstić information content (AvgIpc) is 3.09. The first-order valence-corrected chi connectivity index (χ1v) is 9.94. The molecule has 2 aromatic rings. The number of amides is 2. The van der Waals surface area contributed by atoms with E-state index in [0.29, 0.717) is 42.3 Å². The summed E-state index contributed by atoms with van der Waals surface area (Å²) in [7, 11) is 0. The van der Waals surface area contributed by atoms with Crippen LogP contribution in [0.25, 0.3) is 11.3 Å². The van der Waals surface area contributed by atoms with Crippen LogP contribution in [0.15, 0.2) is 29.6 Å². The first kappa shape index (κ1) is 19.5. The number of rotatable bonds is 3. The predicted octanol–water partition coefficient (Wildman–Crippen LogP) is 4.17. The molecule has 0 unspecified atom stereocenters. The number of benzene rings is 1. The van der Waals surface area contributed by atoms with E-state index >= 15 is 0 Å². The SMILES string of the molecule is CC(C)(C)C(=O)N1CCC(C(=O)Nc2nc(-c3cccc(F)c3)cs2)CC1. The number of hydrogen-bond acceptors (Lipinski definition) is 4. The summed E-state index contributed by atoms with van der Waals surface area (Å²) < 4.78 is 13.4. The third-order valence-electron chi connectivity index (χ3n) is 4.65. The van der Waals surface area contributed by atoms with Gasteiger partial charge in [-0.2, -0.15) is 0 Å². The number of carbonyl (C=O) groups is 2. The zero-order valence-electron chi connectivity index (χ0n) is 15.8. The maximum atomic E-state index is 13.4. The maximum absolute atomic E-state index is 13.4. The molecule has 2 heterocycles. The summed E-state index contributed by atoms with van der Waals surface area (Å²) in [4.78, 5) is 31.1. The molecule has 27 heavy (non-hydrogen) atoms. The van der Waals surface area contributed by atoms with E-state index in [1.54, 1.807) is 17.5 Å². The largest absolute Gasteiger partial charge is 0.342 e. The quantitative estimate of drug-likeness (QED) is 0.857. The van der Waals surface area contributed by atoms with Gasteiger partial charge in [0.05, 0.1) is 5.69 Å². The fourth-order valence-corrected chi connectivity index (χ4v) is 3.86. The van der Waals surface area contributed by atoms with Crippen LogP contribution in [0.2, 0.25) is 0 Å². The Kier molecular flexibility index (Phi) is 5.60. The molecule has 0 atom stereocenters. The Morgan fingerprint density at radius 3 is 2.59 bits per heavy atom. The Morgan fingerprint density at radius 2 is 1.96 bits per heavy atom. The molecule has 0 saturated carbocycles. The van der Waals surface area contributed by atoms with Gasteiger partial charge in [0.15, 0.2) is 5.13 Å². The molecule has 1 aliphatic heterocycles. The molecular formula is C20H24FN3O2S. The van der Waals surface area contributed by atoms with Gasteiger partial charge in [-0.25, -0.2) is 9.37 Å². The molecule has 1 aliphatic rings. The lowest BCUT2D eigenvalue weighted by Crippen LogP contribution is -2.45. The monoisotopic (exact) mass is 389 g/mol. The summed E-state index contributed by atoms with van der Waals surface area (Å²) in [5, 5.41) is 5.17. The van der Waals surface area contributed by atoms with Crippen molar-refractivity contribution in [3.63, 3.8) is 0 Å². The number of likely N-dealkylation sites (tertiary alicyclic amines) is 1. The Bertz CT molecular complexity index is 836. The average molecular weight is 389 g/mol. The fraction of sp³-hybridized carbons (Fsp3) is 0.450. The van der Waals surface area contributed by atoms with Gasteiger partial charge in [0.1, 0.15) is 5.82 Å². The van der Waals surface area contributed by atoms with E-state index in [2.05, 4.69) is 10.3 Å². The summed E-state index contributed by atoms with van der Waals surface area (Å²) in [5.74, 6) is -0.391. The number of thiazole rings is 1. The van der Waals surface area contributed by atoms with Crippen LogP contribution in [0.5, 0.6) is 0 Å². The Hall–Kier alpha value is -2.28. The molecule has 1 N–H and O–H groups in total. The highest BCUT2D eigenvalue weighted by Gasteiger charge is 2.32. The van der Waals surface area contributed by atoms with Crippen LogP contribution in [0, 0.1) is 17.2 Å². The van der Waals surface area contributed by atoms with Gasteiger partial charge >= 0.3 is 0 Å². The van der Waals surface area contributed by atoms with Crippen molar-refractivity contribution >= 4 is 28.3 Å². The predicted molar refractivity (Wildman–Crippen MR) is 105 cm³/mol.